The van der Waals surface area contributed by atoms with Gasteiger partial charge in [0.15, 0.2) is 6.61 Å². The summed E-state index contributed by atoms with van der Waals surface area (Å²) in [7, 11) is 0. The molecule has 3 rings (SSSR count). The number of hydrogen-bond donors (Lipinski definition) is 1. The quantitative estimate of drug-likeness (QED) is 0.755. The second-order valence-corrected chi connectivity index (χ2v) is 7.33. The highest BCUT2D eigenvalue weighted by Gasteiger charge is 2.28. The topological polar surface area (TPSA) is 60.3 Å². The van der Waals surface area contributed by atoms with Crippen LogP contribution < -0.4 is 5.32 Å². The molecule has 0 aliphatic heterocycles. The first-order valence-electron chi connectivity index (χ1n) is 8.28. The average molecular weight is 405 g/mol. The Labute approximate surface area is 155 Å². The van der Waals surface area contributed by atoms with Gasteiger partial charge in [0.25, 0.3) is 5.91 Å². The first kappa shape index (κ1) is 17.7. The van der Waals surface area contributed by atoms with Gasteiger partial charge in [-0.05, 0) is 57.4 Å². The Kier molecular flexibility index (Phi) is 4.99. The average Bonchev–Trinajstić information content (AvgIpc) is 3.34. The van der Waals surface area contributed by atoms with Gasteiger partial charge in [0, 0.05) is 27.6 Å². The SMILES string of the molecule is Cc1ccc(NC(=O)COC(=O)c2cc(C)n(C3CC3)c2C)cc1Br. The van der Waals surface area contributed by atoms with Gasteiger partial charge < -0.3 is 14.6 Å². The molecule has 1 amide bonds. The van der Waals surface area contributed by atoms with E-state index in [1.54, 1.807) is 0 Å². The summed E-state index contributed by atoms with van der Waals surface area (Å²) < 4.78 is 8.28. The Hall–Kier alpha value is -2.08. The normalized spacial score (nSPS) is 13.6. The Morgan fingerprint density at radius 1 is 1.24 bits per heavy atom. The molecule has 2 aromatic rings. The van der Waals surface area contributed by atoms with Crippen LogP contribution >= 0.6 is 15.9 Å². The second-order valence-electron chi connectivity index (χ2n) is 6.47. The van der Waals surface area contributed by atoms with Crippen LogP contribution in [-0.4, -0.2) is 23.1 Å². The molecule has 25 heavy (non-hydrogen) atoms. The van der Waals surface area contributed by atoms with Crippen LogP contribution in [0.2, 0.25) is 0 Å². The smallest absolute Gasteiger partial charge is 0.340 e. The van der Waals surface area contributed by atoms with Crippen LogP contribution in [-0.2, 0) is 9.53 Å². The first-order chi connectivity index (χ1) is 11.9. The minimum absolute atomic E-state index is 0.308. The second kappa shape index (κ2) is 7.04. The van der Waals surface area contributed by atoms with Crippen LogP contribution in [0.25, 0.3) is 0 Å². The zero-order valence-corrected chi connectivity index (χ0v) is 16.1. The molecule has 1 aliphatic rings. The van der Waals surface area contributed by atoms with E-state index in [2.05, 4.69) is 25.8 Å². The van der Waals surface area contributed by atoms with Gasteiger partial charge >= 0.3 is 5.97 Å². The number of nitrogens with zero attached hydrogens (tertiary/aromatic N) is 1. The Bertz CT molecular complexity index is 837. The van der Waals surface area contributed by atoms with E-state index in [1.165, 1.54) is 0 Å². The number of anilines is 1. The molecule has 0 spiro atoms. The van der Waals surface area contributed by atoms with Gasteiger partial charge in [0.1, 0.15) is 0 Å². The third-order valence-electron chi connectivity index (χ3n) is 4.41. The van der Waals surface area contributed by atoms with E-state index >= 15 is 0 Å². The van der Waals surface area contributed by atoms with Crippen LogP contribution in [0.15, 0.2) is 28.7 Å². The lowest BCUT2D eigenvalue weighted by atomic mass is 10.2. The lowest BCUT2D eigenvalue weighted by molar-refractivity contribution is -0.119. The monoisotopic (exact) mass is 404 g/mol. The van der Waals surface area contributed by atoms with E-state index in [4.69, 9.17) is 4.74 Å². The summed E-state index contributed by atoms with van der Waals surface area (Å²) in [4.78, 5) is 24.3. The largest absolute Gasteiger partial charge is 0.452 e. The Balaban J connectivity index is 1.59. The number of carbonyl (C=O) groups excluding carboxylic acids is 2. The number of aryl methyl sites for hydroxylation is 2. The molecular weight excluding hydrogens is 384 g/mol. The molecule has 0 saturated heterocycles. The van der Waals surface area contributed by atoms with E-state index < -0.39 is 5.97 Å². The molecule has 0 unspecified atom stereocenters. The van der Waals surface area contributed by atoms with Crippen molar-refractivity contribution in [1.82, 2.24) is 4.57 Å². The van der Waals surface area contributed by atoms with Gasteiger partial charge in [-0.25, -0.2) is 4.79 Å². The van der Waals surface area contributed by atoms with E-state index in [0.29, 0.717) is 17.3 Å². The van der Waals surface area contributed by atoms with Crippen molar-refractivity contribution in [2.24, 2.45) is 0 Å². The van der Waals surface area contributed by atoms with Crippen molar-refractivity contribution < 1.29 is 14.3 Å². The van der Waals surface area contributed by atoms with Crippen LogP contribution in [0.4, 0.5) is 5.69 Å². The first-order valence-corrected chi connectivity index (χ1v) is 9.07. The summed E-state index contributed by atoms with van der Waals surface area (Å²) in [6, 6.07) is 7.87. The summed E-state index contributed by atoms with van der Waals surface area (Å²) in [5, 5.41) is 2.72. The summed E-state index contributed by atoms with van der Waals surface area (Å²) in [6.45, 7) is 5.57. The third kappa shape index (κ3) is 3.95. The fourth-order valence-corrected chi connectivity index (χ4v) is 3.33. The van der Waals surface area contributed by atoms with Gasteiger partial charge in [-0.15, -0.1) is 0 Å². The summed E-state index contributed by atoms with van der Waals surface area (Å²) in [5.74, 6) is -0.819. The minimum atomic E-state index is -0.458. The molecule has 0 atom stereocenters. The highest BCUT2D eigenvalue weighted by atomic mass is 79.9. The van der Waals surface area contributed by atoms with Crippen molar-refractivity contribution in [1.29, 1.82) is 0 Å². The van der Waals surface area contributed by atoms with E-state index in [-0.39, 0.29) is 12.5 Å². The van der Waals surface area contributed by atoms with Crippen LogP contribution in [0.1, 0.15) is 46.2 Å². The van der Waals surface area contributed by atoms with Crippen LogP contribution in [0, 0.1) is 20.8 Å². The number of hydrogen-bond acceptors (Lipinski definition) is 3. The van der Waals surface area contributed by atoms with Crippen molar-refractivity contribution in [2.75, 3.05) is 11.9 Å². The Morgan fingerprint density at radius 3 is 2.60 bits per heavy atom. The highest BCUT2D eigenvalue weighted by molar-refractivity contribution is 9.10. The maximum Gasteiger partial charge on any atom is 0.340 e. The lowest BCUT2D eigenvalue weighted by Crippen LogP contribution is -2.21. The van der Waals surface area contributed by atoms with Gasteiger partial charge in [-0.2, -0.15) is 0 Å². The molecule has 1 saturated carbocycles. The van der Waals surface area contributed by atoms with Crippen molar-refractivity contribution in [2.45, 2.75) is 39.7 Å². The lowest BCUT2D eigenvalue weighted by Gasteiger charge is -2.09. The summed E-state index contributed by atoms with van der Waals surface area (Å²) in [6.07, 6.45) is 2.30. The van der Waals surface area contributed by atoms with Gasteiger partial charge in [0.2, 0.25) is 0 Å². The number of rotatable bonds is 5. The number of amides is 1. The molecule has 0 radical (unpaired) electrons. The molecular formula is C19H21BrN2O3. The maximum absolute atomic E-state index is 12.3. The van der Waals surface area contributed by atoms with E-state index in [0.717, 1.165) is 34.3 Å². The van der Waals surface area contributed by atoms with Gasteiger partial charge in [-0.1, -0.05) is 22.0 Å². The zero-order chi connectivity index (χ0) is 18.1. The predicted octanol–water partition coefficient (Wildman–Crippen LogP) is 4.31. The molecule has 1 heterocycles. The number of esters is 1. The maximum atomic E-state index is 12.3. The van der Waals surface area contributed by atoms with Crippen molar-refractivity contribution in [3.05, 3.63) is 51.3 Å². The number of ether oxygens (including phenoxy) is 1. The van der Waals surface area contributed by atoms with Gasteiger partial charge in [0.05, 0.1) is 5.56 Å². The molecule has 1 fully saturated rings. The zero-order valence-electron chi connectivity index (χ0n) is 14.6. The highest BCUT2D eigenvalue weighted by Crippen LogP contribution is 2.38. The summed E-state index contributed by atoms with van der Waals surface area (Å²) in [5.41, 5.74) is 4.24. The number of benzene rings is 1. The van der Waals surface area contributed by atoms with Crippen molar-refractivity contribution in [3.63, 3.8) is 0 Å². The summed E-state index contributed by atoms with van der Waals surface area (Å²) >= 11 is 3.42. The minimum Gasteiger partial charge on any atom is -0.452 e. The third-order valence-corrected chi connectivity index (χ3v) is 5.26. The van der Waals surface area contributed by atoms with E-state index in [9.17, 15) is 9.59 Å². The fraction of sp³-hybridized carbons (Fsp3) is 0.368. The van der Waals surface area contributed by atoms with Crippen molar-refractivity contribution in [3.8, 4) is 0 Å². The standard InChI is InChI=1S/C19H21BrN2O3/c1-11-4-5-14(9-17(11)20)21-18(23)10-25-19(24)16-8-12(2)22(13(16)3)15-6-7-15/h4-5,8-9,15H,6-7,10H2,1-3H3,(H,21,23). The predicted molar refractivity (Wildman–Crippen MR) is 100.0 cm³/mol. The molecule has 1 aromatic heterocycles. The van der Waals surface area contributed by atoms with Crippen LogP contribution in [0.3, 0.4) is 0 Å². The number of halogens is 1. The molecule has 6 heteroatoms. The van der Waals surface area contributed by atoms with Crippen molar-refractivity contribution >= 4 is 33.5 Å². The molecule has 1 aromatic carbocycles. The number of carbonyl (C=O) groups is 2. The molecule has 5 nitrogen and oxygen atoms in total. The molecule has 1 N–H and O–H groups in total. The Morgan fingerprint density at radius 2 is 1.96 bits per heavy atom. The number of aromatic nitrogens is 1. The van der Waals surface area contributed by atoms with Crippen LogP contribution in [0.5, 0.6) is 0 Å². The fourth-order valence-electron chi connectivity index (χ4n) is 2.95. The molecule has 1 aliphatic carbocycles. The van der Waals surface area contributed by atoms with E-state index in [1.807, 2.05) is 45.0 Å². The molecule has 0 bridgehead atoms. The number of nitrogens with one attached hydrogen (secondary N) is 1. The van der Waals surface area contributed by atoms with Gasteiger partial charge in [-0.3, -0.25) is 4.79 Å². The molecule has 132 valence electrons.